The van der Waals surface area contributed by atoms with E-state index >= 15 is 0 Å². The van der Waals surface area contributed by atoms with Gasteiger partial charge in [-0.25, -0.2) is 4.79 Å². The fraction of sp³-hybridized carbons (Fsp3) is 0.464. The standard InChI is InChI=1S/C28H34N2O5/c1-17(2)12-19(26(31)30-14-18(3)24(15-30)27(32)33)13-29-28(34)35-16-25-22-10-6-4-8-20(22)21-9-5-7-11-23(21)25/h4-11,17-19,24-25H,12-16H2,1-3H3,(H,29,34)(H,32,33). The van der Waals surface area contributed by atoms with Crippen LogP contribution in [0.15, 0.2) is 48.5 Å². The van der Waals surface area contributed by atoms with Crippen LogP contribution < -0.4 is 5.32 Å². The highest BCUT2D eigenvalue weighted by Gasteiger charge is 2.39. The molecule has 7 nitrogen and oxygen atoms in total. The lowest BCUT2D eigenvalue weighted by molar-refractivity contribution is -0.142. The molecule has 3 unspecified atom stereocenters. The van der Waals surface area contributed by atoms with Gasteiger partial charge in [0.2, 0.25) is 5.91 Å². The number of alkyl carbamates (subject to hydrolysis) is 1. The van der Waals surface area contributed by atoms with Gasteiger partial charge in [0.15, 0.2) is 0 Å². The van der Waals surface area contributed by atoms with E-state index in [2.05, 4.69) is 29.6 Å². The summed E-state index contributed by atoms with van der Waals surface area (Å²) < 4.78 is 5.61. The molecule has 4 rings (SSSR count). The van der Waals surface area contributed by atoms with E-state index in [9.17, 15) is 19.5 Å². The Labute approximate surface area is 206 Å². The van der Waals surface area contributed by atoms with Crippen LogP contribution in [0.3, 0.4) is 0 Å². The Morgan fingerprint density at radius 2 is 1.63 bits per heavy atom. The fourth-order valence-corrected chi connectivity index (χ4v) is 5.42. The van der Waals surface area contributed by atoms with E-state index in [1.807, 2.05) is 45.0 Å². The first-order chi connectivity index (χ1) is 16.8. The van der Waals surface area contributed by atoms with Crippen molar-refractivity contribution in [3.8, 4) is 11.1 Å². The molecule has 1 fully saturated rings. The second-order valence-corrected chi connectivity index (χ2v) is 10.2. The number of hydrogen-bond acceptors (Lipinski definition) is 4. The summed E-state index contributed by atoms with van der Waals surface area (Å²) in [6.45, 7) is 6.94. The molecule has 35 heavy (non-hydrogen) atoms. The average molecular weight is 479 g/mol. The molecule has 1 aliphatic heterocycles. The van der Waals surface area contributed by atoms with Crippen LogP contribution in [0.25, 0.3) is 11.1 Å². The number of rotatable bonds is 8. The van der Waals surface area contributed by atoms with Gasteiger partial charge in [-0.1, -0.05) is 69.3 Å². The molecule has 2 amide bonds. The van der Waals surface area contributed by atoms with Crippen LogP contribution >= 0.6 is 0 Å². The summed E-state index contributed by atoms with van der Waals surface area (Å²) in [6.07, 6.45) is 0.0529. The molecule has 0 aromatic heterocycles. The highest BCUT2D eigenvalue weighted by Crippen LogP contribution is 2.44. The molecule has 1 aliphatic carbocycles. The lowest BCUT2D eigenvalue weighted by Gasteiger charge is -2.25. The molecule has 2 aliphatic rings. The van der Waals surface area contributed by atoms with Crippen molar-refractivity contribution in [2.24, 2.45) is 23.7 Å². The Hall–Kier alpha value is -3.35. The number of carbonyl (C=O) groups excluding carboxylic acids is 2. The number of likely N-dealkylation sites (tertiary alicyclic amines) is 1. The molecule has 0 bridgehead atoms. The van der Waals surface area contributed by atoms with Crippen molar-refractivity contribution in [1.82, 2.24) is 10.2 Å². The molecular formula is C28H34N2O5. The minimum atomic E-state index is -0.870. The quantitative estimate of drug-likeness (QED) is 0.588. The maximum Gasteiger partial charge on any atom is 0.407 e. The summed E-state index contributed by atoms with van der Waals surface area (Å²) in [5.74, 6) is -1.81. The highest BCUT2D eigenvalue weighted by molar-refractivity contribution is 5.82. The smallest absolute Gasteiger partial charge is 0.407 e. The van der Waals surface area contributed by atoms with Crippen molar-refractivity contribution in [3.05, 3.63) is 59.7 Å². The molecule has 0 saturated carbocycles. The van der Waals surface area contributed by atoms with Crippen LogP contribution in [-0.4, -0.2) is 54.2 Å². The zero-order valence-corrected chi connectivity index (χ0v) is 20.6. The van der Waals surface area contributed by atoms with Gasteiger partial charge in [0.05, 0.1) is 11.8 Å². The normalized spacial score (nSPS) is 19.8. The fourth-order valence-electron chi connectivity index (χ4n) is 5.42. The van der Waals surface area contributed by atoms with Gasteiger partial charge in [-0.15, -0.1) is 0 Å². The van der Waals surface area contributed by atoms with Gasteiger partial charge in [-0.3, -0.25) is 9.59 Å². The van der Waals surface area contributed by atoms with Gasteiger partial charge in [0.1, 0.15) is 6.61 Å². The number of carboxylic acid groups (broad SMARTS) is 1. The van der Waals surface area contributed by atoms with Gasteiger partial charge in [0, 0.05) is 25.6 Å². The number of amides is 2. The van der Waals surface area contributed by atoms with Crippen molar-refractivity contribution in [1.29, 1.82) is 0 Å². The monoisotopic (exact) mass is 478 g/mol. The lowest BCUT2D eigenvalue weighted by atomic mass is 9.95. The third-order valence-electron chi connectivity index (χ3n) is 7.18. The predicted molar refractivity (Wildman–Crippen MR) is 133 cm³/mol. The van der Waals surface area contributed by atoms with E-state index in [-0.39, 0.29) is 43.4 Å². The predicted octanol–water partition coefficient (Wildman–Crippen LogP) is 4.37. The molecule has 2 N–H and O–H groups in total. The number of hydrogen-bond donors (Lipinski definition) is 2. The minimum Gasteiger partial charge on any atom is -0.481 e. The topological polar surface area (TPSA) is 95.9 Å². The zero-order chi connectivity index (χ0) is 25.1. The van der Waals surface area contributed by atoms with Gasteiger partial charge < -0.3 is 20.1 Å². The van der Waals surface area contributed by atoms with Crippen molar-refractivity contribution in [2.45, 2.75) is 33.1 Å². The second-order valence-electron chi connectivity index (χ2n) is 10.2. The largest absolute Gasteiger partial charge is 0.481 e. The van der Waals surface area contributed by atoms with Crippen LogP contribution in [0.1, 0.15) is 44.2 Å². The summed E-state index contributed by atoms with van der Waals surface area (Å²) >= 11 is 0. The van der Waals surface area contributed by atoms with Crippen LogP contribution in [0.2, 0.25) is 0 Å². The van der Waals surface area contributed by atoms with E-state index in [0.717, 1.165) is 11.1 Å². The van der Waals surface area contributed by atoms with Crippen molar-refractivity contribution in [3.63, 3.8) is 0 Å². The van der Waals surface area contributed by atoms with Gasteiger partial charge >= 0.3 is 12.1 Å². The lowest BCUT2D eigenvalue weighted by Crippen LogP contribution is -2.41. The molecule has 0 radical (unpaired) electrons. The average Bonchev–Trinajstić information content (AvgIpc) is 3.38. The number of aliphatic carboxylic acids is 1. The molecule has 0 spiro atoms. The SMILES string of the molecule is CC(C)CC(CNC(=O)OCC1c2ccccc2-c2ccccc21)C(=O)N1CC(C)C(C(=O)O)C1. The van der Waals surface area contributed by atoms with Gasteiger partial charge in [-0.2, -0.15) is 0 Å². The Morgan fingerprint density at radius 1 is 1.03 bits per heavy atom. The summed E-state index contributed by atoms with van der Waals surface area (Å²) in [5.41, 5.74) is 4.62. The maximum atomic E-state index is 13.2. The molecular weight excluding hydrogens is 444 g/mol. The Balaban J connectivity index is 1.36. The summed E-state index contributed by atoms with van der Waals surface area (Å²) in [7, 11) is 0. The molecule has 2 aromatic rings. The summed E-state index contributed by atoms with van der Waals surface area (Å²) in [4.78, 5) is 38.9. The third kappa shape index (κ3) is 5.34. The molecule has 2 aromatic carbocycles. The van der Waals surface area contributed by atoms with Gasteiger partial charge in [-0.05, 0) is 40.5 Å². The van der Waals surface area contributed by atoms with E-state index in [4.69, 9.17) is 4.74 Å². The first-order valence-corrected chi connectivity index (χ1v) is 12.4. The number of ether oxygens (including phenoxy) is 1. The van der Waals surface area contributed by atoms with Crippen LogP contribution in [0, 0.1) is 23.7 Å². The first kappa shape index (κ1) is 24.8. The minimum absolute atomic E-state index is 0.0275. The third-order valence-corrected chi connectivity index (χ3v) is 7.18. The number of benzene rings is 2. The maximum absolute atomic E-state index is 13.2. The number of nitrogens with one attached hydrogen (secondary N) is 1. The van der Waals surface area contributed by atoms with E-state index in [1.54, 1.807) is 4.90 Å². The van der Waals surface area contributed by atoms with Crippen LogP contribution in [0.4, 0.5) is 4.79 Å². The summed E-state index contributed by atoms with van der Waals surface area (Å²) in [6, 6.07) is 16.3. The summed E-state index contributed by atoms with van der Waals surface area (Å²) in [5, 5.41) is 12.2. The van der Waals surface area contributed by atoms with E-state index in [0.29, 0.717) is 13.0 Å². The van der Waals surface area contributed by atoms with E-state index in [1.165, 1.54) is 11.1 Å². The Bertz CT molecular complexity index is 1050. The molecule has 1 saturated heterocycles. The highest BCUT2D eigenvalue weighted by atomic mass is 16.5. The van der Waals surface area contributed by atoms with Crippen LogP contribution in [-0.2, 0) is 14.3 Å². The first-order valence-electron chi connectivity index (χ1n) is 12.4. The van der Waals surface area contributed by atoms with Crippen LogP contribution in [0.5, 0.6) is 0 Å². The number of fused-ring (bicyclic) bond motifs is 3. The molecule has 3 atom stereocenters. The molecule has 1 heterocycles. The zero-order valence-electron chi connectivity index (χ0n) is 20.6. The molecule has 7 heteroatoms. The number of nitrogens with zero attached hydrogens (tertiary/aromatic N) is 1. The Kier molecular flexibility index (Phi) is 7.43. The van der Waals surface area contributed by atoms with Crippen molar-refractivity contribution >= 4 is 18.0 Å². The Morgan fingerprint density at radius 3 is 2.17 bits per heavy atom. The molecule has 186 valence electrons. The number of carbonyl (C=O) groups is 3. The second kappa shape index (κ2) is 10.5. The van der Waals surface area contributed by atoms with Gasteiger partial charge in [0.25, 0.3) is 0 Å². The van der Waals surface area contributed by atoms with E-state index < -0.39 is 23.9 Å². The van der Waals surface area contributed by atoms with Crippen molar-refractivity contribution in [2.75, 3.05) is 26.2 Å². The van der Waals surface area contributed by atoms with Crippen molar-refractivity contribution < 1.29 is 24.2 Å². The number of carboxylic acids is 1.